The fourth-order valence-electron chi connectivity index (χ4n) is 2.08. The maximum atomic E-state index is 11.9. The third-order valence-corrected chi connectivity index (χ3v) is 4.34. The summed E-state index contributed by atoms with van der Waals surface area (Å²) in [5.41, 5.74) is 1.47. The molecule has 19 heavy (non-hydrogen) atoms. The predicted molar refractivity (Wildman–Crippen MR) is 73.4 cm³/mol. The van der Waals surface area contributed by atoms with Crippen molar-refractivity contribution in [2.75, 3.05) is 7.11 Å². The maximum absolute atomic E-state index is 11.9. The van der Waals surface area contributed by atoms with Crippen LogP contribution in [0.3, 0.4) is 0 Å². The zero-order valence-electron chi connectivity index (χ0n) is 10.2. The summed E-state index contributed by atoms with van der Waals surface area (Å²) in [7, 11) is -2.58. The molecule has 0 unspecified atom stereocenters. The van der Waals surface area contributed by atoms with Gasteiger partial charge in [0.05, 0.1) is 18.1 Å². The maximum Gasteiger partial charge on any atom is 0.297 e. The van der Waals surface area contributed by atoms with Crippen molar-refractivity contribution in [3.8, 4) is 0 Å². The van der Waals surface area contributed by atoms with Crippen molar-refractivity contribution in [3.05, 3.63) is 48.5 Å². The normalized spacial score (nSPS) is 12.1. The van der Waals surface area contributed by atoms with Gasteiger partial charge in [-0.3, -0.25) is 4.18 Å². The van der Waals surface area contributed by atoms with Crippen molar-refractivity contribution >= 4 is 31.9 Å². The topological polar surface area (TPSA) is 56.3 Å². The lowest BCUT2D eigenvalue weighted by Gasteiger charge is -2.07. The molecular weight excluding hydrogens is 262 g/mol. The highest BCUT2D eigenvalue weighted by Crippen LogP contribution is 2.26. The molecule has 0 amide bonds. The summed E-state index contributed by atoms with van der Waals surface area (Å²) in [5.74, 6) is 0. The van der Waals surface area contributed by atoms with Crippen LogP contribution in [0.4, 0.5) is 0 Å². The number of para-hydroxylation sites is 1. The lowest BCUT2D eigenvalue weighted by molar-refractivity contribution is 0.398. The smallest absolute Gasteiger partial charge is 0.270 e. The molecule has 1 heterocycles. The van der Waals surface area contributed by atoms with Crippen LogP contribution >= 0.6 is 0 Å². The fourth-order valence-corrected chi connectivity index (χ4v) is 2.94. The molecule has 4 nitrogen and oxygen atoms in total. The monoisotopic (exact) mass is 273 g/mol. The van der Waals surface area contributed by atoms with Gasteiger partial charge >= 0.3 is 0 Å². The summed E-state index contributed by atoms with van der Waals surface area (Å²) in [6.07, 6.45) is 0. The van der Waals surface area contributed by atoms with E-state index in [0.717, 1.165) is 18.0 Å². The van der Waals surface area contributed by atoms with E-state index in [-0.39, 0.29) is 4.90 Å². The van der Waals surface area contributed by atoms with Crippen LogP contribution < -0.4 is 0 Å². The molecule has 1 aromatic heterocycles. The van der Waals surface area contributed by atoms with Crippen molar-refractivity contribution in [2.45, 2.75) is 4.90 Å². The molecule has 3 rings (SSSR count). The van der Waals surface area contributed by atoms with Gasteiger partial charge in [0, 0.05) is 10.8 Å². The summed E-state index contributed by atoms with van der Waals surface area (Å²) >= 11 is 0. The van der Waals surface area contributed by atoms with Gasteiger partial charge in [0.25, 0.3) is 10.1 Å². The van der Waals surface area contributed by atoms with Gasteiger partial charge in [-0.2, -0.15) is 8.42 Å². The molecule has 2 aromatic carbocycles. The van der Waals surface area contributed by atoms with Crippen LogP contribution in [0.15, 0.2) is 53.4 Å². The lowest BCUT2D eigenvalue weighted by atomic mass is 10.1. The first-order valence-electron chi connectivity index (χ1n) is 5.71. The van der Waals surface area contributed by atoms with E-state index in [4.69, 9.17) is 0 Å². The van der Waals surface area contributed by atoms with Crippen molar-refractivity contribution < 1.29 is 12.6 Å². The molecule has 0 saturated heterocycles. The number of hydrogen-bond acceptors (Lipinski definition) is 4. The summed E-state index contributed by atoms with van der Waals surface area (Å²) < 4.78 is 28.4. The highest BCUT2D eigenvalue weighted by atomic mass is 32.2. The molecule has 3 aromatic rings. The van der Waals surface area contributed by atoms with E-state index in [1.54, 1.807) is 12.1 Å². The van der Waals surface area contributed by atoms with E-state index >= 15 is 0 Å². The van der Waals surface area contributed by atoms with Gasteiger partial charge in [-0.15, -0.1) is 0 Å². The van der Waals surface area contributed by atoms with E-state index in [0.29, 0.717) is 10.9 Å². The first-order chi connectivity index (χ1) is 9.12. The molecule has 0 atom stereocenters. The van der Waals surface area contributed by atoms with E-state index in [2.05, 4.69) is 9.17 Å². The number of benzene rings is 2. The van der Waals surface area contributed by atoms with Crippen LogP contribution in [-0.4, -0.2) is 20.5 Å². The van der Waals surface area contributed by atoms with Gasteiger partial charge in [0.1, 0.15) is 4.90 Å². The Morgan fingerprint density at radius 2 is 1.74 bits per heavy atom. The second-order valence-corrected chi connectivity index (χ2v) is 5.81. The molecule has 0 saturated carbocycles. The van der Waals surface area contributed by atoms with Crippen LogP contribution in [0.5, 0.6) is 0 Å². The van der Waals surface area contributed by atoms with Gasteiger partial charge in [-0.05, 0) is 24.3 Å². The van der Waals surface area contributed by atoms with Crippen molar-refractivity contribution in [2.24, 2.45) is 0 Å². The zero-order valence-corrected chi connectivity index (χ0v) is 11.0. The minimum atomic E-state index is -3.73. The van der Waals surface area contributed by atoms with Crippen LogP contribution in [0.25, 0.3) is 21.8 Å². The number of hydrogen-bond donors (Lipinski definition) is 0. The zero-order chi connectivity index (χ0) is 13.5. The number of nitrogens with zero attached hydrogens (tertiary/aromatic N) is 1. The number of rotatable bonds is 2. The number of pyridine rings is 1. The quantitative estimate of drug-likeness (QED) is 0.532. The van der Waals surface area contributed by atoms with E-state index in [9.17, 15) is 8.42 Å². The second-order valence-electron chi connectivity index (χ2n) is 4.12. The predicted octanol–water partition coefficient (Wildman–Crippen LogP) is 2.72. The van der Waals surface area contributed by atoms with Gasteiger partial charge in [0.2, 0.25) is 0 Å². The molecule has 5 heteroatoms. The average Bonchev–Trinajstić information content (AvgIpc) is 2.44. The summed E-state index contributed by atoms with van der Waals surface area (Å²) in [5, 5.41) is 1.47. The van der Waals surface area contributed by atoms with Crippen LogP contribution in [0, 0.1) is 0 Å². The minimum absolute atomic E-state index is 0.144. The molecule has 0 bridgehead atoms. The molecule has 0 aliphatic rings. The van der Waals surface area contributed by atoms with Crippen molar-refractivity contribution in [1.29, 1.82) is 0 Å². The molecule has 0 fully saturated rings. The van der Waals surface area contributed by atoms with Crippen LogP contribution in [0.2, 0.25) is 0 Å². The third-order valence-electron chi connectivity index (χ3n) is 3.01. The largest absolute Gasteiger partial charge is 0.297 e. The standard InChI is InChI=1S/C14H11NO3S/c1-18-19(16,17)14-8-4-7-13-11(14)9-10-5-2-3-6-12(10)15-13/h2-9H,1H3. The van der Waals surface area contributed by atoms with Crippen molar-refractivity contribution in [3.63, 3.8) is 0 Å². The fraction of sp³-hybridized carbons (Fsp3) is 0.0714. The van der Waals surface area contributed by atoms with E-state index in [1.807, 2.05) is 30.3 Å². The second kappa shape index (κ2) is 4.29. The highest BCUT2D eigenvalue weighted by molar-refractivity contribution is 7.87. The summed E-state index contributed by atoms with van der Waals surface area (Å²) in [4.78, 5) is 4.61. The molecule has 0 aliphatic carbocycles. The molecule has 0 radical (unpaired) electrons. The molecule has 0 N–H and O–H groups in total. The summed E-state index contributed by atoms with van der Waals surface area (Å²) in [6, 6.07) is 14.4. The number of aromatic nitrogens is 1. The Balaban J connectivity index is 2.45. The van der Waals surface area contributed by atoms with Crippen LogP contribution in [-0.2, 0) is 14.3 Å². The Labute approximate surface area is 110 Å². The SMILES string of the molecule is COS(=O)(=O)c1cccc2nc3ccccc3cc12. The molecule has 96 valence electrons. The Bertz CT molecular complexity index is 872. The minimum Gasteiger partial charge on any atom is -0.270 e. The number of fused-ring (bicyclic) bond motifs is 2. The molecule has 0 aliphatic heterocycles. The summed E-state index contributed by atoms with van der Waals surface area (Å²) in [6.45, 7) is 0. The Morgan fingerprint density at radius 3 is 2.53 bits per heavy atom. The average molecular weight is 273 g/mol. The molecule has 0 spiro atoms. The first kappa shape index (κ1) is 12.1. The first-order valence-corrected chi connectivity index (χ1v) is 7.12. The Kier molecular flexibility index (Phi) is 2.73. The Hall–Kier alpha value is -1.98. The highest BCUT2D eigenvalue weighted by Gasteiger charge is 2.17. The van der Waals surface area contributed by atoms with Crippen molar-refractivity contribution in [1.82, 2.24) is 4.98 Å². The van der Waals surface area contributed by atoms with E-state index in [1.165, 1.54) is 6.07 Å². The van der Waals surface area contributed by atoms with Gasteiger partial charge in [0.15, 0.2) is 0 Å². The third kappa shape index (κ3) is 1.97. The molecular formula is C14H11NO3S. The Morgan fingerprint density at radius 1 is 1.00 bits per heavy atom. The van der Waals surface area contributed by atoms with Gasteiger partial charge < -0.3 is 0 Å². The van der Waals surface area contributed by atoms with Gasteiger partial charge in [-0.25, -0.2) is 4.98 Å². The van der Waals surface area contributed by atoms with E-state index < -0.39 is 10.1 Å². The lowest BCUT2D eigenvalue weighted by Crippen LogP contribution is -2.03. The van der Waals surface area contributed by atoms with Gasteiger partial charge in [-0.1, -0.05) is 24.3 Å². The van der Waals surface area contributed by atoms with Crippen LogP contribution in [0.1, 0.15) is 0 Å².